The Hall–Kier alpha value is -3.21. The molecule has 1 N–H and O–H groups in total. The van der Waals surface area contributed by atoms with Crippen molar-refractivity contribution < 1.29 is 9.18 Å². The molecule has 3 aromatic rings. The third kappa shape index (κ3) is 4.99. The molecule has 0 spiro atoms. The Kier molecular flexibility index (Phi) is 5.84. The average Bonchev–Trinajstić information content (AvgIpc) is 2.75. The van der Waals surface area contributed by atoms with Crippen LogP contribution in [0.5, 0.6) is 0 Å². The number of hydrogen-bond acceptors (Lipinski definition) is 3. The topological polar surface area (TPSA) is 45.2 Å². The molecule has 1 saturated heterocycles. The molecule has 1 aliphatic rings. The van der Waals surface area contributed by atoms with Crippen LogP contribution in [0, 0.1) is 11.7 Å². The number of nitrogens with zero attached hydrogens (tertiary/aromatic N) is 2. The molecule has 0 saturated carbocycles. The summed E-state index contributed by atoms with van der Waals surface area (Å²) in [5.74, 6) is -0.0365. The van der Waals surface area contributed by atoms with Crippen molar-refractivity contribution in [2.75, 3.05) is 23.3 Å². The van der Waals surface area contributed by atoms with E-state index in [0.29, 0.717) is 17.3 Å². The van der Waals surface area contributed by atoms with E-state index < -0.39 is 0 Å². The summed E-state index contributed by atoms with van der Waals surface area (Å²) in [4.78, 5) is 19.0. The fourth-order valence-electron chi connectivity index (χ4n) is 3.84. The Morgan fingerprint density at radius 2 is 1.83 bits per heavy atom. The molecular formula is C24H24FN3O. The summed E-state index contributed by atoms with van der Waals surface area (Å²) in [6.07, 6.45) is 5.03. The molecule has 29 heavy (non-hydrogen) atoms. The lowest BCUT2D eigenvalue weighted by molar-refractivity contribution is 0.102. The van der Waals surface area contributed by atoms with Crippen LogP contribution in [0.4, 0.5) is 15.8 Å². The smallest absolute Gasteiger partial charge is 0.274 e. The van der Waals surface area contributed by atoms with Gasteiger partial charge in [0, 0.05) is 30.7 Å². The van der Waals surface area contributed by atoms with Gasteiger partial charge in [-0.1, -0.05) is 36.4 Å². The van der Waals surface area contributed by atoms with Crippen molar-refractivity contribution in [3.8, 4) is 0 Å². The van der Waals surface area contributed by atoms with Crippen LogP contribution >= 0.6 is 0 Å². The van der Waals surface area contributed by atoms with E-state index in [9.17, 15) is 9.18 Å². The van der Waals surface area contributed by atoms with Crippen molar-refractivity contribution in [2.24, 2.45) is 5.92 Å². The Morgan fingerprint density at radius 3 is 2.59 bits per heavy atom. The second-order valence-corrected chi connectivity index (χ2v) is 7.48. The molecule has 0 atom stereocenters. The second-order valence-electron chi connectivity index (χ2n) is 7.48. The highest BCUT2D eigenvalue weighted by Gasteiger charge is 2.20. The molecule has 148 valence electrons. The van der Waals surface area contributed by atoms with Gasteiger partial charge in [0.05, 0.1) is 0 Å². The van der Waals surface area contributed by atoms with Crippen molar-refractivity contribution in [1.82, 2.24) is 4.98 Å². The first-order valence-corrected chi connectivity index (χ1v) is 9.99. The highest BCUT2D eigenvalue weighted by molar-refractivity contribution is 6.03. The molecule has 0 unspecified atom stereocenters. The summed E-state index contributed by atoms with van der Waals surface area (Å²) in [7, 11) is 0. The fraction of sp³-hybridized carbons (Fsp3) is 0.250. The number of halogens is 1. The van der Waals surface area contributed by atoms with Crippen LogP contribution in [0.3, 0.4) is 0 Å². The molecule has 5 heteroatoms. The molecule has 0 radical (unpaired) electrons. The SMILES string of the molecule is O=C(Nc1cccc(F)c1)c1cc(N2CCC(Cc3ccccc3)CC2)ccn1. The van der Waals surface area contributed by atoms with Crippen LogP contribution < -0.4 is 10.2 Å². The zero-order chi connectivity index (χ0) is 20.1. The van der Waals surface area contributed by atoms with Crippen LogP contribution in [0.1, 0.15) is 28.9 Å². The van der Waals surface area contributed by atoms with Crippen LogP contribution in [0.15, 0.2) is 72.9 Å². The van der Waals surface area contributed by atoms with Gasteiger partial charge in [0.1, 0.15) is 11.5 Å². The number of anilines is 2. The van der Waals surface area contributed by atoms with Crippen LogP contribution in [-0.2, 0) is 6.42 Å². The maximum atomic E-state index is 13.3. The van der Waals surface area contributed by atoms with E-state index in [4.69, 9.17) is 0 Å². The van der Waals surface area contributed by atoms with E-state index in [1.54, 1.807) is 18.3 Å². The molecule has 1 aliphatic heterocycles. The van der Waals surface area contributed by atoms with E-state index in [2.05, 4.69) is 45.5 Å². The Labute approximate surface area is 170 Å². The van der Waals surface area contributed by atoms with E-state index in [0.717, 1.165) is 38.0 Å². The molecule has 2 heterocycles. The summed E-state index contributed by atoms with van der Waals surface area (Å²) >= 11 is 0. The van der Waals surface area contributed by atoms with Crippen LogP contribution in [0.2, 0.25) is 0 Å². The molecule has 2 aromatic carbocycles. The van der Waals surface area contributed by atoms with Gasteiger partial charge in [-0.15, -0.1) is 0 Å². The van der Waals surface area contributed by atoms with Crippen molar-refractivity contribution in [1.29, 1.82) is 0 Å². The molecule has 4 rings (SSSR count). The lowest BCUT2D eigenvalue weighted by Crippen LogP contribution is -2.34. The summed E-state index contributed by atoms with van der Waals surface area (Å²) in [5.41, 5.74) is 3.15. The number of aromatic nitrogens is 1. The Bertz CT molecular complexity index is 969. The Balaban J connectivity index is 1.37. The molecule has 1 fully saturated rings. The number of piperidine rings is 1. The van der Waals surface area contributed by atoms with Gasteiger partial charge in [0.25, 0.3) is 5.91 Å². The third-order valence-electron chi connectivity index (χ3n) is 5.41. The minimum atomic E-state index is -0.386. The number of hydrogen-bond donors (Lipinski definition) is 1. The molecule has 1 aromatic heterocycles. The Morgan fingerprint density at radius 1 is 1.03 bits per heavy atom. The monoisotopic (exact) mass is 389 g/mol. The highest BCUT2D eigenvalue weighted by atomic mass is 19.1. The van der Waals surface area contributed by atoms with Gasteiger partial charge >= 0.3 is 0 Å². The largest absolute Gasteiger partial charge is 0.371 e. The van der Waals surface area contributed by atoms with Gasteiger partial charge in [0.2, 0.25) is 0 Å². The summed E-state index contributed by atoms with van der Waals surface area (Å²) in [6, 6.07) is 20.2. The highest BCUT2D eigenvalue weighted by Crippen LogP contribution is 2.26. The predicted octanol–water partition coefficient (Wildman–Crippen LogP) is 4.93. The third-order valence-corrected chi connectivity index (χ3v) is 5.41. The van der Waals surface area contributed by atoms with Gasteiger partial charge in [-0.25, -0.2) is 4.39 Å². The number of carbonyl (C=O) groups excluding carboxylic acids is 1. The molecule has 0 aliphatic carbocycles. The molecule has 1 amide bonds. The number of carbonyl (C=O) groups is 1. The van der Waals surface area contributed by atoms with Gasteiger partial charge in [0.15, 0.2) is 0 Å². The number of benzene rings is 2. The number of rotatable bonds is 5. The van der Waals surface area contributed by atoms with Gasteiger partial charge in [-0.3, -0.25) is 9.78 Å². The average molecular weight is 389 g/mol. The molecule has 0 bridgehead atoms. The lowest BCUT2D eigenvalue weighted by Gasteiger charge is -2.33. The quantitative estimate of drug-likeness (QED) is 0.673. The van der Waals surface area contributed by atoms with Crippen molar-refractivity contribution in [2.45, 2.75) is 19.3 Å². The maximum Gasteiger partial charge on any atom is 0.274 e. The van der Waals surface area contributed by atoms with E-state index in [-0.39, 0.29) is 11.7 Å². The van der Waals surface area contributed by atoms with Crippen LogP contribution in [0.25, 0.3) is 0 Å². The van der Waals surface area contributed by atoms with E-state index >= 15 is 0 Å². The van der Waals surface area contributed by atoms with Gasteiger partial charge in [-0.05, 0) is 61.1 Å². The van der Waals surface area contributed by atoms with Gasteiger partial charge in [-0.2, -0.15) is 0 Å². The summed E-state index contributed by atoms with van der Waals surface area (Å²) < 4.78 is 13.3. The van der Waals surface area contributed by atoms with Crippen LogP contribution in [-0.4, -0.2) is 24.0 Å². The number of amides is 1. The van der Waals surface area contributed by atoms with Crippen molar-refractivity contribution in [3.05, 3.63) is 90.0 Å². The maximum absolute atomic E-state index is 13.3. The number of pyridine rings is 1. The number of nitrogens with one attached hydrogen (secondary N) is 1. The van der Waals surface area contributed by atoms with E-state index in [1.807, 2.05) is 12.1 Å². The minimum Gasteiger partial charge on any atom is -0.371 e. The summed E-state index contributed by atoms with van der Waals surface area (Å²) in [5, 5.41) is 2.70. The molecular weight excluding hydrogens is 365 g/mol. The predicted molar refractivity (Wildman–Crippen MR) is 114 cm³/mol. The first kappa shape index (κ1) is 19.1. The second kappa shape index (κ2) is 8.86. The molecule has 4 nitrogen and oxygen atoms in total. The van der Waals surface area contributed by atoms with E-state index in [1.165, 1.54) is 17.7 Å². The normalized spacial score (nSPS) is 14.6. The standard InChI is InChI=1S/C24H24FN3O/c25-20-7-4-8-21(16-20)27-24(29)23-17-22(9-12-26-23)28-13-10-19(11-14-28)15-18-5-2-1-3-6-18/h1-9,12,16-17,19H,10-11,13-15H2,(H,27,29). The van der Waals surface area contributed by atoms with Crippen molar-refractivity contribution >= 4 is 17.3 Å². The van der Waals surface area contributed by atoms with Crippen molar-refractivity contribution in [3.63, 3.8) is 0 Å². The van der Waals surface area contributed by atoms with Gasteiger partial charge < -0.3 is 10.2 Å². The lowest BCUT2D eigenvalue weighted by atomic mass is 9.90. The zero-order valence-corrected chi connectivity index (χ0v) is 16.2. The first-order valence-electron chi connectivity index (χ1n) is 9.99. The zero-order valence-electron chi connectivity index (χ0n) is 16.2. The fourth-order valence-corrected chi connectivity index (χ4v) is 3.84. The minimum absolute atomic E-state index is 0.332. The summed E-state index contributed by atoms with van der Waals surface area (Å²) in [6.45, 7) is 1.93. The first-order chi connectivity index (χ1) is 14.2.